The zero-order valence-electron chi connectivity index (χ0n) is 12.8. The van der Waals surface area contributed by atoms with Crippen molar-refractivity contribution in [1.29, 1.82) is 0 Å². The number of carboxylic acid groups (broad SMARTS) is 1. The lowest BCUT2D eigenvalue weighted by Gasteiger charge is -2.13. The Labute approximate surface area is 139 Å². The molecule has 2 rings (SSSR count). The molecular formula is C19H17NO4. The van der Waals surface area contributed by atoms with E-state index < -0.39 is 18.0 Å². The molecule has 5 nitrogen and oxygen atoms in total. The van der Waals surface area contributed by atoms with Crippen LogP contribution >= 0.6 is 0 Å². The molecule has 0 aliphatic carbocycles. The predicted molar refractivity (Wildman–Crippen MR) is 91.8 cm³/mol. The van der Waals surface area contributed by atoms with E-state index in [1.807, 2.05) is 18.2 Å². The molecule has 2 aromatic carbocycles. The van der Waals surface area contributed by atoms with Crippen molar-refractivity contribution in [3.05, 3.63) is 82.9 Å². The van der Waals surface area contributed by atoms with Crippen LogP contribution in [0.2, 0.25) is 0 Å². The molecule has 0 aromatic heterocycles. The van der Waals surface area contributed by atoms with Gasteiger partial charge in [0.25, 0.3) is 0 Å². The molecule has 0 radical (unpaired) electrons. The Bertz CT molecular complexity index is 752. The first kappa shape index (κ1) is 17.2. The van der Waals surface area contributed by atoms with Crippen molar-refractivity contribution in [3.63, 3.8) is 0 Å². The van der Waals surface area contributed by atoms with Crippen LogP contribution in [-0.4, -0.2) is 22.1 Å². The number of carbonyl (C=O) groups is 2. The largest absolute Gasteiger partial charge is 0.478 e. The van der Waals surface area contributed by atoms with Crippen molar-refractivity contribution in [3.8, 4) is 0 Å². The lowest BCUT2D eigenvalue weighted by molar-refractivity contribution is -0.131. The molecule has 2 aromatic rings. The maximum absolute atomic E-state index is 10.9. The number of amides is 1. The molecule has 0 aliphatic heterocycles. The fourth-order valence-electron chi connectivity index (χ4n) is 2.23. The molecule has 0 saturated carbocycles. The summed E-state index contributed by atoms with van der Waals surface area (Å²) < 4.78 is 0. The number of hydrogen-bond donors (Lipinski definition) is 3. The van der Waals surface area contributed by atoms with Gasteiger partial charge in [0.1, 0.15) is 6.10 Å². The Morgan fingerprint density at radius 3 is 2.04 bits per heavy atom. The summed E-state index contributed by atoms with van der Waals surface area (Å²) in [6, 6.07) is 14.2. The van der Waals surface area contributed by atoms with Crippen molar-refractivity contribution < 1.29 is 19.8 Å². The number of rotatable bonds is 6. The number of hydrogen-bond acceptors (Lipinski definition) is 3. The summed E-state index contributed by atoms with van der Waals surface area (Å²) in [5, 5.41) is 19.3. The molecule has 0 saturated heterocycles. The average molecular weight is 323 g/mol. The third-order valence-corrected chi connectivity index (χ3v) is 3.29. The Kier molecular flexibility index (Phi) is 5.65. The van der Waals surface area contributed by atoms with Gasteiger partial charge in [0, 0.05) is 12.2 Å². The second-order valence-corrected chi connectivity index (χ2v) is 5.15. The topological polar surface area (TPSA) is 101 Å². The summed E-state index contributed by atoms with van der Waals surface area (Å²) in [7, 11) is 0. The summed E-state index contributed by atoms with van der Waals surface area (Å²) in [4.78, 5) is 21.6. The molecule has 0 spiro atoms. The molecule has 4 N–H and O–H groups in total. The van der Waals surface area contributed by atoms with E-state index in [4.69, 9.17) is 10.8 Å². The Hall–Kier alpha value is -3.18. The summed E-state index contributed by atoms with van der Waals surface area (Å²) in [5.41, 5.74) is 7.61. The van der Waals surface area contributed by atoms with Gasteiger partial charge in [-0.25, -0.2) is 4.79 Å². The van der Waals surface area contributed by atoms with E-state index in [9.17, 15) is 14.7 Å². The lowest BCUT2D eigenvalue weighted by Crippen LogP contribution is -2.05. The zero-order valence-corrected chi connectivity index (χ0v) is 12.8. The minimum Gasteiger partial charge on any atom is -0.478 e. The van der Waals surface area contributed by atoms with Crippen LogP contribution in [0.1, 0.15) is 28.4 Å². The van der Waals surface area contributed by atoms with Gasteiger partial charge in [-0.3, -0.25) is 4.79 Å². The maximum atomic E-state index is 10.9. The molecule has 1 atom stereocenters. The first-order valence-corrected chi connectivity index (χ1v) is 7.22. The van der Waals surface area contributed by atoms with Crippen molar-refractivity contribution in [2.75, 3.05) is 0 Å². The van der Waals surface area contributed by atoms with Crippen molar-refractivity contribution >= 4 is 24.0 Å². The lowest BCUT2D eigenvalue weighted by atomic mass is 9.97. The van der Waals surface area contributed by atoms with Gasteiger partial charge in [-0.2, -0.15) is 0 Å². The minimum atomic E-state index is -1.07. The van der Waals surface area contributed by atoms with Crippen molar-refractivity contribution in [2.45, 2.75) is 6.10 Å². The Morgan fingerprint density at radius 1 is 0.917 bits per heavy atom. The van der Waals surface area contributed by atoms with Gasteiger partial charge in [0.05, 0.1) is 0 Å². The number of aliphatic hydroxyl groups is 1. The van der Waals surface area contributed by atoms with Crippen LogP contribution in [-0.2, 0) is 9.59 Å². The maximum Gasteiger partial charge on any atom is 0.328 e. The van der Waals surface area contributed by atoms with Crippen molar-refractivity contribution in [2.24, 2.45) is 5.73 Å². The third-order valence-electron chi connectivity index (χ3n) is 3.29. The normalized spacial score (nSPS) is 12.5. The molecule has 0 heterocycles. The highest BCUT2D eigenvalue weighted by Crippen LogP contribution is 2.25. The number of aliphatic carboxylic acids is 1. The molecular weight excluding hydrogens is 306 g/mol. The van der Waals surface area contributed by atoms with Crippen LogP contribution in [0.25, 0.3) is 12.2 Å². The number of benzene rings is 2. The number of carbonyl (C=O) groups excluding carboxylic acids is 1. The van der Waals surface area contributed by atoms with Gasteiger partial charge in [0.2, 0.25) is 5.91 Å². The van der Waals surface area contributed by atoms with E-state index >= 15 is 0 Å². The van der Waals surface area contributed by atoms with Gasteiger partial charge in [0.15, 0.2) is 0 Å². The van der Waals surface area contributed by atoms with E-state index in [0.717, 1.165) is 6.08 Å². The van der Waals surface area contributed by atoms with Crippen LogP contribution in [0, 0.1) is 0 Å². The second-order valence-electron chi connectivity index (χ2n) is 5.15. The second kappa shape index (κ2) is 7.89. The predicted octanol–water partition coefficient (Wildman–Crippen LogP) is 2.36. The van der Waals surface area contributed by atoms with Gasteiger partial charge in [-0.15, -0.1) is 0 Å². The number of primary amides is 1. The quantitative estimate of drug-likeness (QED) is 0.710. The summed E-state index contributed by atoms with van der Waals surface area (Å²) >= 11 is 0. The van der Waals surface area contributed by atoms with Crippen LogP contribution in [0.15, 0.2) is 60.7 Å². The fourth-order valence-corrected chi connectivity index (χ4v) is 2.23. The first-order chi connectivity index (χ1) is 11.5. The number of aliphatic hydroxyl groups excluding tert-OH is 1. The molecule has 0 aliphatic rings. The zero-order chi connectivity index (χ0) is 17.5. The summed E-state index contributed by atoms with van der Waals surface area (Å²) in [6.07, 6.45) is 4.28. The molecule has 1 unspecified atom stereocenters. The Balaban J connectivity index is 2.45. The monoisotopic (exact) mass is 323 g/mol. The average Bonchev–Trinajstić information content (AvgIpc) is 2.58. The van der Waals surface area contributed by atoms with Crippen LogP contribution in [0.5, 0.6) is 0 Å². The van der Waals surface area contributed by atoms with Crippen LogP contribution < -0.4 is 5.73 Å². The molecule has 24 heavy (non-hydrogen) atoms. The van der Waals surface area contributed by atoms with Gasteiger partial charge in [-0.05, 0) is 52.6 Å². The highest BCUT2D eigenvalue weighted by atomic mass is 16.4. The van der Waals surface area contributed by atoms with Crippen molar-refractivity contribution in [1.82, 2.24) is 0 Å². The standard InChI is InChI=1S/C19H17NO4/c20-17(21)8-6-13-10-14(7-9-18(22)23)12-16(11-13)19(24)15-4-2-1-3-5-15/h1-12,19,24H,(H2,20,21)(H,22,23)/b8-6+,9-7+. The van der Waals surface area contributed by atoms with Gasteiger partial charge < -0.3 is 15.9 Å². The van der Waals surface area contributed by atoms with E-state index in [2.05, 4.69) is 0 Å². The van der Waals surface area contributed by atoms with E-state index in [1.54, 1.807) is 30.3 Å². The van der Waals surface area contributed by atoms with E-state index in [0.29, 0.717) is 22.3 Å². The van der Waals surface area contributed by atoms with Crippen LogP contribution in [0.3, 0.4) is 0 Å². The first-order valence-electron chi connectivity index (χ1n) is 7.22. The SMILES string of the molecule is NC(=O)/C=C/c1cc(/C=C/C(=O)O)cc(C(O)c2ccccc2)c1. The highest BCUT2D eigenvalue weighted by Gasteiger charge is 2.11. The van der Waals surface area contributed by atoms with E-state index in [1.165, 1.54) is 18.2 Å². The van der Waals surface area contributed by atoms with Gasteiger partial charge in [-0.1, -0.05) is 30.3 Å². The smallest absolute Gasteiger partial charge is 0.328 e. The third kappa shape index (κ3) is 4.93. The minimum absolute atomic E-state index is 0.581. The van der Waals surface area contributed by atoms with Crippen LogP contribution in [0.4, 0.5) is 0 Å². The molecule has 5 heteroatoms. The highest BCUT2D eigenvalue weighted by molar-refractivity contribution is 5.90. The summed E-state index contributed by atoms with van der Waals surface area (Å²) in [5.74, 6) is -1.66. The summed E-state index contributed by atoms with van der Waals surface area (Å²) in [6.45, 7) is 0. The van der Waals surface area contributed by atoms with E-state index in [-0.39, 0.29) is 0 Å². The molecule has 1 amide bonds. The van der Waals surface area contributed by atoms with Gasteiger partial charge >= 0.3 is 5.97 Å². The molecule has 0 bridgehead atoms. The molecule has 122 valence electrons. The fraction of sp³-hybridized carbons (Fsp3) is 0.0526. The number of carboxylic acids is 1. The molecule has 0 fully saturated rings. The number of nitrogens with two attached hydrogens (primary N) is 1. The Morgan fingerprint density at radius 2 is 1.50 bits per heavy atom.